The van der Waals surface area contributed by atoms with E-state index < -0.39 is 12.7 Å². The second-order valence-corrected chi connectivity index (χ2v) is 4.54. The Balaban J connectivity index is 0.00000162. The van der Waals surface area contributed by atoms with Crippen LogP contribution in [0, 0.1) is 0 Å². The summed E-state index contributed by atoms with van der Waals surface area (Å²) in [5.41, 5.74) is 0.571. The summed E-state index contributed by atoms with van der Waals surface area (Å²) >= 11 is 5.85. The molecule has 1 saturated heterocycles. The number of nitrogens with one attached hydrogen (secondary N) is 1. The molecule has 1 aromatic carbocycles. The minimum Gasteiger partial charge on any atom is -0.506 e. The first-order chi connectivity index (χ1) is 8.24. The molecule has 18 heavy (non-hydrogen) atoms. The van der Waals surface area contributed by atoms with Crippen molar-refractivity contribution in [3.05, 3.63) is 28.8 Å². The normalized spacial score (nSPS) is 18.1. The van der Waals surface area contributed by atoms with Crippen molar-refractivity contribution in [1.29, 1.82) is 0 Å². The molecule has 1 fully saturated rings. The number of hydrogen-bond acceptors (Lipinski definition) is 3. The van der Waals surface area contributed by atoms with E-state index in [4.69, 9.17) is 11.6 Å². The van der Waals surface area contributed by atoms with Gasteiger partial charge in [-0.2, -0.15) is 0 Å². The van der Waals surface area contributed by atoms with Crippen LogP contribution in [0.1, 0.15) is 11.6 Å². The minimum absolute atomic E-state index is 0. The molecule has 1 aromatic rings. The number of halogens is 3. The Morgan fingerprint density at radius 3 is 2.67 bits per heavy atom. The second-order valence-electron chi connectivity index (χ2n) is 4.13. The van der Waals surface area contributed by atoms with Crippen molar-refractivity contribution in [2.24, 2.45) is 0 Å². The van der Waals surface area contributed by atoms with Crippen molar-refractivity contribution in [2.45, 2.75) is 6.04 Å². The molecule has 6 heteroatoms. The summed E-state index contributed by atoms with van der Waals surface area (Å²) in [5.74, 6) is -0.00431. The van der Waals surface area contributed by atoms with Gasteiger partial charge in [0.15, 0.2) is 0 Å². The lowest BCUT2D eigenvalue weighted by molar-refractivity contribution is 0.145. The van der Waals surface area contributed by atoms with Crippen LogP contribution >= 0.6 is 24.0 Å². The molecule has 0 bridgehead atoms. The predicted octanol–water partition coefficient (Wildman–Crippen LogP) is 2.38. The number of nitrogens with zero attached hydrogens (tertiary/aromatic N) is 1. The zero-order valence-corrected chi connectivity index (χ0v) is 11.5. The van der Waals surface area contributed by atoms with Crippen LogP contribution in [0.25, 0.3) is 0 Å². The highest BCUT2D eigenvalue weighted by Crippen LogP contribution is 2.34. The van der Waals surface area contributed by atoms with Crippen LogP contribution in [0.5, 0.6) is 5.75 Å². The molecule has 2 rings (SSSR count). The smallest absolute Gasteiger partial charge is 0.139 e. The third-order valence-electron chi connectivity index (χ3n) is 3.12. The van der Waals surface area contributed by atoms with Gasteiger partial charge in [-0.25, -0.2) is 4.39 Å². The van der Waals surface area contributed by atoms with Gasteiger partial charge in [0, 0.05) is 31.7 Å². The molecule has 1 aliphatic heterocycles. The van der Waals surface area contributed by atoms with Gasteiger partial charge < -0.3 is 10.4 Å². The van der Waals surface area contributed by atoms with E-state index in [1.165, 1.54) is 0 Å². The van der Waals surface area contributed by atoms with E-state index in [1.807, 2.05) is 4.90 Å². The van der Waals surface area contributed by atoms with E-state index in [0.717, 1.165) is 26.2 Å². The van der Waals surface area contributed by atoms with Gasteiger partial charge >= 0.3 is 0 Å². The molecule has 0 radical (unpaired) electrons. The molecular weight excluding hydrogens is 278 g/mol. The van der Waals surface area contributed by atoms with E-state index in [2.05, 4.69) is 5.32 Å². The lowest BCUT2D eigenvalue weighted by atomic mass is 10.0. The molecule has 0 unspecified atom stereocenters. The highest BCUT2D eigenvalue weighted by molar-refractivity contribution is 6.32. The van der Waals surface area contributed by atoms with Crippen molar-refractivity contribution in [3.8, 4) is 5.75 Å². The highest BCUT2D eigenvalue weighted by Gasteiger charge is 2.24. The largest absolute Gasteiger partial charge is 0.506 e. The Morgan fingerprint density at radius 2 is 2.06 bits per heavy atom. The standard InChI is InChI=1S/C12H16ClFN2O.ClH/c13-10-3-1-2-9(12(10)17)11(8-14)16-6-4-15-5-7-16;/h1-3,11,15,17H,4-8H2;1H/t11-;/m0./s1. The monoisotopic (exact) mass is 294 g/mol. The molecular formula is C12H17Cl2FN2O. The molecule has 2 N–H and O–H groups in total. The van der Waals surface area contributed by atoms with Crippen LogP contribution in [0.15, 0.2) is 18.2 Å². The fourth-order valence-electron chi connectivity index (χ4n) is 2.17. The van der Waals surface area contributed by atoms with Crippen LogP contribution < -0.4 is 5.32 Å². The van der Waals surface area contributed by atoms with Crippen LogP contribution in [0.4, 0.5) is 4.39 Å². The number of aromatic hydroxyl groups is 1. The van der Waals surface area contributed by atoms with E-state index >= 15 is 0 Å². The van der Waals surface area contributed by atoms with E-state index in [0.29, 0.717) is 5.56 Å². The number of phenols is 1. The zero-order chi connectivity index (χ0) is 12.3. The number of alkyl halides is 1. The molecule has 0 aromatic heterocycles. The summed E-state index contributed by atoms with van der Waals surface area (Å²) in [6, 6.07) is 4.67. The molecule has 0 saturated carbocycles. The first-order valence-electron chi connectivity index (χ1n) is 5.72. The van der Waals surface area contributed by atoms with Gasteiger partial charge in [0.2, 0.25) is 0 Å². The average molecular weight is 295 g/mol. The Bertz CT molecular complexity index is 386. The highest BCUT2D eigenvalue weighted by atomic mass is 35.5. The number of benzene rings is 1. The van der Waals surface area contributed by atoms with Crippen molar-refractivity contribution in [2.75, 3.05) is 32.9 Å². The summed E-state index contributed by atoms with van der Waals surface area (Å²) < 4.78 is 13.2. The molecule has 1 aliphatic rings. The van der Waals surface area contributed by atoms with Gasteiger partial charge in [0.25, 0.3) is 0 Å². The number of rotatable bonds is 3. The Kier molecular flexibility index (Phi) is 6.15. The maximum Gasteiger partial charge on any atom is 0.139 e. The Hall–Kier alpha value is -0.550. The molecule has 102 valence electrons. The maximum atomic E-state index is 13.2. The van der Waals surface area contributed by atoms with E-state index in [-0.39, 0.29) is 23.2 Å². The summed E-state index contributed by atoms with van der Waals surface area (Å²) in [5, 5.41) is 13.4. The van der Waals surface area contributed by atoms with Gasteiger partial charge in [-0.05, 0) is 6.07 Å². The van der Waals surface area contributed by atoms with Crippen LogP contribution in [0.3, 0.4) is 0 Å². The molecule has 0 spiro atoms. The first-order valence-corrected chi connectivity index (χ1v) is 6.10. The third-order valence-corrected chi connectivity index (χ3v) is 3.42. The molecule has 3 nitrogen and oxygen atoms in total. The van der Waals surface area contributed by atoms with Crippen molar-refractivity contribution in [1.82, 2.24) is 10.2 Å². The van der Waals surface area contributed by atoms with Crippen LogP contribution in [0.2, 0.25) is 5.02 Å². The van der Waals surface area contributed by atoms with Gasteiger partial charge in [-0.3, -0.25) is 4.90 Å². The number of piperazine rings is 1. The van der Waals surface area contributed by atoms with Crippen molar-refractivity contribution < 1.29 is 9.50 Å². The number of phenolic OH excluding ortho intramolecular Hbond substituents is 1. The zero-order valence-electron chi connectivity index (χ0n) is 9.90. The maximum absolute atomic E-state index is 13.2. The van der Waals surface area contributed by atoms with E-state index in [1.54, 1.807) is 18.2 Å². The number of hydrogen-bond donors (Lipinski definition) is 2. The van der Waals surface area contributed by atoms with Crippen molar-refractivity contribution >= 4 is 24.0 Å². The average Bonchev–Trinajstić information content (AvgIpc) is 2.37. The summed E-state index contributed by atoms with van der Waals surface area (Å²) in [6.07, 6.45) is 0. The lowest BCUT2D eigenvalue weighted by Gasteiger charge is -2.33. The SMILES string of the molecule is Cl.Oc1c(Cl)cccc1[C@H](CF)N1CCNCC1. The lowest BCUT2D eigenvalue weighted by Crippen LogP contribution is -2.45. The minimum atomic E-state index is -0.520. The summed E-state index contributed by atoms with van der Waals surface area (Å²) in [7, 11) is 0. The first kappa shape index (κ1) is 15.5. The quantitative estimate of drug-likeness (QED) is 0.899. The van der Waals surface area contributed by atoms with Gasteiger partial charge in [0.1, 0.15) is 12.4 Å². The van der Waals surface area contributed by atoms with E-state index in [9.17, 15) is 9.50 Å². The van der Waals surface area contributed by atoms with Gasteiger partial charge in [0.05, 0.1) is 11.1 Å². The van der Waals surface area contributed by atoms with Crippen molar-refractivity contribution in [3.63, 3.8) is 0 Å². The second kappa shape index (κ2) is 7.14. The Morgan fingerprint density at radius 1 is 1.39 bits per heavy atom. The molecule has 1 heterocycles. The van der Waals surface area contributed by atoms with Crippen LogP contribution in [-0.4, -0.2) is 42.9 Å². The summed E-state index contributed by atoms with van der Waals surface area (Å²) in [4.78, 5) is 2.03. The Labute approximate surface area is 117 Å². The molecule has 0 amide bonds. The number of para-hydroxylation sites is 1. The fraction of sp³-hybridized carbons (Fsp3) is 0.500. The molecule has 0 aliphatic carbocycles. The summed E-state index contributed by atoms with van der Waals surface area (Å²) in [6.45, 7) is 2.73. The predicted molar refractivity (Wildman–Crippen MR) is 73.5 cm³/mol. The fourth-order valence-corrected chi connectivity index (χ4v) is 2.35. The van der Waals surface area contributed by atoms with Crippen LogP contribution in [-0.2, 0) is 0 Å². The van der Waals surface area contributed by atoms with Gasteiger partial charge in [-0.1, -0.05) is 23.7 Å². The third kappa shape index (κ3) is 3.26. The topological polar surface area (TPSA) is 35.5 Å². The molecule has 1 atom stereocenters. The van der Waals surface area contributed by atoms with Gasteiger partial charge in [-0.15, -0.1) is 12.4 Å².